The Morgan fingerprint density at radius 3 is 2.48 bits per heavy atom. The van der Waals surface area contributed by atoms with Gasteiger partial charge in [0.25, 0.3) is 5.69 Å². The molecular weight excluding hydrogens is 264 g/mol. The van der Waals surface area contributed by atoms with Gasteiger partial charge in [-0.2, -0.15) is 0 Å². The predicted molar refractivity (Wildman–Crippen MR) is 85.1 cm³/mol. The highest BCUT2D eigenvalue weighted by Crippen LogP contribution is 2.36. The number of nitro benzene ring substituents is 1. The fraction of sp³-hybridized carbons (Fsp3) is 0.176. The van der Waals surface area contributed by atoms with Crippen molar-refractivity contribution in [2.45, 2.75) is 13.8 Å². The van der Waals surface area contributed by atoms with E-state index in [9.17, 15) is 10.1 Å². The molecule has 2 aromatic rings. The van der Waals surface area contributed by atoms with E-state index in [-0.39, 0.29) is 10.6 Å². The van der Waals surface area contributed by atoms with Crippen LogP contribution in [0, 0.1) is 24.0 Å². The van der Waals surface area contributed by atoms with E-state index in [0.29, 0.717) is 0 Å². The standard InChI is InChI=1S/C17H16N2O2/c1-12-5-6-14-4-3-11-18(17(14)13(12)2)15-7-9-16(10-8-15)19(20)21/h3-10H,11H2,1-2H3. The Morgan fingerprint density at radius 1 is 1.10 bits per heavy atom. The second kappa shape index (κ2) is 5.05. The van der Waals surface area contributed by atoms with Gasteiger partial charge in [0.1, 0.15) is 0 Å². The summed E-state index contributed by atoms with van der Waals surface area (Å²) in [7, 11) is 0. The summed E-state index contributed by atoms with van der Waals surface area (Å²) in [4.78, 5) is 12.6. The van der Waals surface area contributed by atoms with Crippen molar-refractivity contribution in [2.75, 3.05) is 11.4 Å². The first-order chi connectivity index (χ1) is 10.1. The molecule has 0 amide bonds. The minimum Gasteiger partial charge on any atom is -0.337 e. The summed E-state index contributed by atoms with van der Waals surface area (Å²) in [6, 6.07) is 11.0. The van der Waals surface area contributed by atoms with Crippen LogP contribution in [0.2, 0.25) is 0 Å². The number of fused-ring (bicyclic) bond motifs is 1. The van der Waals surface area contributed by atoms with E-state index in [1.807, 2.05) is 12.1 Å². The Labute approximate surface area is 123 Å². The van der Waals surface area contributed by atoms with E-state index >= 15 is 0 Å². The van der Waals surface area contributed by atoms with Crippen LogP contribution < -0.4 is 4.90 Å². The highest BCUT2D eigenvalue weighted by atomic mass is 16.6. The average molecular weight is 280 g/mol. The Hall–Kier alpha value is -2.62. The monoisotopic (exact) mass is 280 g/mol. The van der Waals surface area contributed by atoms with Crippen molar-refractivity contribution >= 4 is 23.1 Å². The lowest BCUT2D eigenvalue weighted by Crippen LogP contribution is -2.21. The van der Waals surface area contributed by atoms with E-state index in [1.54, 1.807) is 12.1 Å². The van der Waals surface area contributed by atoms with Gasteiger partial charge in [-0.05, 0) is 42.7 Å². The molecule has 1 aliphatic rings. The predicted octanol–water partition coefficient (Wildman–Crippen LogP) is 4.38. The van der Waals surface area contributed by atoms with Crippen molar-refractivity contribution in [1.82, 2.24) is 0 Å². The molecule has 1 heterocycles. The van der Waals surface area contributed by atoms with Gasteiger partial charge in [-0.3, -0.25) is 10.1 Å². The van der Waals surface area contributed by atoms with Crippen LogP contribution in [0.5, 0.6) is 0 Å². The van der Waals surface area contributed by atoms with E-state index in [0.717, 1.165) is 12.2 Å². The SMILES string of the molecule is Cc1ccc2c(c1C)N(c1ccc([N+](=O)[O-])cc1)CC=C2. The number of aryl methyl sites for hydroxylation is 1. The van der Waals surface area contributed by atoms with Crippen LogP contribution in [0.1, 0.15) is 16.7 Å². The van der Waals surface area contributed by atoms with Crippen molar-refractivity contribution in [1.29, 1.82) is 0 Å². The normalized spacial score (nSPS) is 13.1. The molecule has 0 atom stereocenters. The van der Waals surface area contributed by atoms with E-state index in [4.69, 9.17) is 0 Å². The molecule has 0 N–H and O–H groups in total. The van der Waals surface area contributed by atoms with Crippen molar-refractivity contribution in [2.24, 2.45) is 0 Å². The molecule has 106 valence electrons. The molecule has 1 aliphatic heterocycles. The lowest BCUT2D eigenvalue weighted by molar-refractivity contribution is -0.384. The summed E-state index contributed by atoms with van der Waals surface area (Å²) in [5.74, 6) is 0. The fourth-order valence-corrected chi connectivity index (χ4v) is 2.68. The molecule has 3 rings (SSSR count). The summed E-state index contributed by atoms with van der Waals surface area (Å²) in [6.07, 6.45) is 4.24. The van der Waals surface area contributed by atoms with Gasteiger partial charge in [0.05, 0.1) is 10.6 Å². The van der Waals surface area contributed by atoms with Crippen LogP contribution in [0.25, 0.3) is 6.08 Å². The zero-order valence-electron chi connectivity index (χ0n) is 12.0. The first-order valence-electron chi connectivity index (χ1n) is 6.86. The third-order valence-corrected chi connectivity index (χ3v) is 3.96. The smallest absolute Gasteiger partial charge is 0.269 e. The third-order valence-electron chi connectivity index (χ3n) is 3.96. The lowest BCUT2D eigenvalue weighted by Gasteiger charge is -2.30. The van der Waals surface area contributed by atoms with Gasteiger partial charge in [-0.25, -0.2) is 0 Å². The first-order valence-corrected chi connectivity index (χ1v) is 6.86. The molecule has 0 fully saturated rings. The molecule has 0 bridgehead atoms. The Kier molecular flexibility index (Phi) is 3.22. The lowest BCUT2D eigenvalue weighted by atomic mass is 9.98. The molecule has 4 heteroatoms. The van der Waals surface area contributed by atoms with Crippen LogP contribution in [-0.4, -0.2) is 11.5 Å². The van der Waals surface area contributed by atoms with Gasteiger partial charge in [-0.15, -0.1) is 0 Å². The largest absolute Gasteiger partial charge is 0.337 e. The molecule has 2 aromatic carbocycles. The number of hydrogen-bond donors (Lipinski definition) is 0. The second-order valence-corrected chi connectivity index (χ2v) is 5.23. The summed E-state index contributed by atoms with van der Waals surface area (Å²) >= 11 is 0. The maximum absolute atomic E-state index is 10.8. The molecule has 0 spiro atoms. The second-order valence-electron chi connectivity index (χ2n) is 5.23. The highest BCUT2D eigenvalue weighted by Gasteiger charge is 2.18. The molecule has 0 radical (unpaired) electrons. The van der Waals surface area contributed by atoms with Crippen molar-refractivity contribution in [3.05, 3.63) is 69.3 Å². The summed E-state index contributed by atoms with van der Waals surface area (Å²) < 4.78 is 0. The van der Waals surface area contributed by atoms with Crippen LogP contribution >= 0.6 is 0 Å². The molecule has 0 saturated carbocycles. The molecular formula is C17H16N2O2. The van der Waals surface area contributed by atoms with Crippen LogP contribution in [-0.2, 0) is 0 Å². The number of benzene rings is 2. The number of anilines is 2. The number of hydrogen-bond acceptors (Lipinski definition) is 3. The number of nitro groups is 1. The van der Waals surface area contributed by atoms with Gasteiger partial charge < -0.3 is 4.90 Å². The van der Waals surface area contributed by atoms with E-state index in [2.05, 4.69) is 43.0 Å². The molecule has 4 nitrogen and oxygen atoms in total. The number of rotatable bonds is 2. The molecule has 0 aromatic heterocycles. The Bertz CT molecular complexity index is 733. The maximum Gasteiger partial charge on any atom is 0.269 e. The van der Waals surface area contributed by atoms with Crippen LogP contribution in [0.4, 0.5) is 17.1 Å². The van der Waals surface area contributed by atoms with Crippen molar-refractivity contribution in [3.8, 4) is 0 Å². The zero-order valence-corrected chi connectivity index (χ0v) is 12.0. The topological polar surface area (TPSA) is 46.4 Å². The average Bonchev–Trinajstić information content (AvgIpc) is 2.50. The number of non-ortho nitro benzene ring substituents is 1. The number of nitrogens with zero attached hydrogens (tertiary/aromatic N) is 2. The molecule has 0 aliphatic carbocycles. The van der Waals surface area contributed by atoms with Gasteiger partial charge in [0.2, 0.25) is 0 Å². The maximum atomic E-state index is 10.8. The quantitative estimate of drug-likeness (QED) is 0.606. The molecule has 21 heavy (non-hydrogen) atoms. The van der Waals surface area contributed by atoms with E-state index < -0.39 is 0 Å². The highest BCUT2D eigenvalue weighted by molar-refractivity contribution is 5.80. The molecule has 0 saturated heterocycles. The van der Waals surface area contributed by atoms with Crippen molar-refractivity contribution < 1.29 is 4.92 Å². The fourth-order valence-electron chi connectivity index (χ4n) is 2.68. The Balaban J connectivity index is 2.07. The van der Waals surface area contributed by atoms with Gasteiger partial charge in [0, 0.05) is 24.4 Å². The minimum absolute atomic E-state index is 0.118. The summed E-state index contributed by atoms with van der Waals surface area (Å²) in [5.41, 5.74) is 5.95. The zero-order chi connectivity index (χ0) is 15.0. The first kappa shape index (κ1) is 13.4. The van der Waals surface area contributed by atoms with Crippen LogP contribution in [0.3, 0.4) is 0 Å². The van der Waals surface area contributed by atoms with Crippen LogP contribution in [0.15, 0.2) is 42.5 Å². The van der Waals surface area contributed by atoms with Gasteiger partial charge in [0.15, 0.2) is 0 Å². The summed E-state index contributed by atoms with van der Waals surface area (Å²) in [6.45, 7) is 4.99. The van der Waals surface area contributed by atoms with E-state index in [1.165, 1.54) is 22.4 Å². The van der Waals surface area contributed by atoms with Crippen molar-refractivity contribution in [3.63, 3.8) is 0 Å². The Morgan fingerprint density at radius 2 is 1.81 bits per heavy atom. The van der Waals surface area contributed by atoms with Gasteiger partial charge in [-0.1, -0.05) is 24.3 Å². The summed E-state index contributed by atoms with van der Waals surface area (Å²) in [5, 5.41) is 10.8. The van der Waals surface area contributed by atoms with Gasteiger partial charge >= 0.3 is 0 Å². The molecule has 0 unspecified atom stereocenters. The minimum atomic E-state index is -0.372. The third kappa shape index (κ3) is 2.29.